The van der Waals surface area contributed by atoms with Crippen LogP contribution in [0.1, 0.15) is 27.2 Å². The van der Waals surface area contributed by atoms with Crippen molar-refractivity contribution in [1.29, 1.82) is 0 Å². The van der Waals surface area contributed by atoms with Crippen molar-refractivity contribution < 1.29 is 19.1 Å². The summed E-state index contributed by atoms with van der Waals surface area (Å²) in [5.41, 5.74) is -1.56. The van der Waals surface area contributed by atoms with Crippen LogP contribution in [0.2, 0.25) is 0 Å². The van der Waals surface area contributed by atoms with Crippen molar-refractivity contribution in [3.05, 3.63) is 25.3 Å². The van der Waals surface area contributed by atoms with E-state index in [0.29, 0.717) is 13.0 Å². The molecule has 0 aliphatic heterocycles. The molecule has 0 radical (unpaired) electrons. The van der Waals surface area contributed by atoms with Gasteiger partial charge in [0.05, 0.1) is 12.1 Å². The monoisotopic (exact) mass is 252 g/mol. The highest BCUT2D eigenvalue weighted by Gasteiger charge is 2.28. The molecular formula is C13H21BO4. The van der Waals surface area contributed by atoms with Gasteiger partial charge >= 0.3 is 5.97 Å². The summed E-state index contributed by atoms with van der Waals surface area (Å²) in [7, 11) is 1.78. The summed E-state index contributed by atoms with van der Waals surface area (Å²) in [5.74, 6) is -0.648. The van der Waals surface area contributed by atoms with Gasteiger partial charge in [0.25, 0.3) is 0 Å². The summed E-state index contributed by atoms with van der Waals surface area (Å²) in [6.07, 6.45) is 2.84. The molecule has 100 valence electrons. The third kappa shape index (κ3) is 5.82. The molecule has 0 bridgehead atoms. The van der Waals surface area contributed by atoms with Crippen LogP contribution in [-0.4, -0.2) is 37.3 Å². The number of ether oxygens (including phenoxy) is 2. The Morgan fingerprint density at radius 1 is 1.22 bits per heavy atom. The molecule has 5 heteroatoms. The summed E-state index contributed by atoms with van der Waals surface area (Å²) in [5, 5.41) is 0. The third-order valence-electron chi connectivity index (χ3n) is 2.49. The molecule has 0 amide bonds. The number of esters is 1. The smallest absolute Gasteiger partial charge is 0.329 e. The number of hydrogen-bond donors (Lipinski definition) is 0. The van der Waals surface area contributed by atoms with Crippen molar-refractivity contribution in [3.63, 3.8) is 0 Å². The zero-order chi connectivity index (χ0) is 14.4. The quantitative estimate of drug-likeness (QED) is 0.367. The Balaban J connectivity index is 4.25. The molecule has 1 unspecified atom stereocenters. The minimum atomic E-state index is -0.903. The standard InChI is InChI=1S/C13H21BO4/c1-6-10(15)12(3,4)17-9-8-13(5,14)18-11(16)7-2/h6-7H,1-2,8-9,14H2,3-5H3. The molecule has 0 heterocycles. The minimum absolute atomic E-state index is 0.177. The van der Waals surface area contributed by atoms with Crippen LogP contribution in [0.3, 0.4) is 0 Å². The second-order valence-electron chi connectivity index (χ2n) is 5.06. The van der Waals surface area contributed by atoms with Crippen molar-refractivity contribution in [2.45, 2.75) is 38.3 Å². The maximum Gasteiger partial charge on any atom is 0.329 e. The molecule has 0 saturated heterocycles. The Morgan fingerprint density at radius 3 is 2.22 bits per heavy atom. The summed E-state index contributed by atoms with van der Waals surface area (Å²) in [6.45, 7) is 12.2. The van der Waals surface area contributed by atoms with Crippen LogP contribution in [0.15, 0.2) is 25.3 Å². The van der Waals surface area contributed by atoms with Gasteiger partial charge < -0.3 is 9.47 Å². The van der Waals surface area contributed by atoms with Gasteiger partial charge in [-0.3, -0.25) is 4.79 Å². The van der Waals surface area contributed by atoms with Crippen molar-refractivity contribution in [3.8, 4) is 0 Å². The first-order valence-electron chi connectivity index (χ1n) is 5.81. The van der Waals surface area contributed by atoms with Crippen LogP contribution in [0, 0.1) is 0 Å². The molecule has 18 heavy (non-hydrogen) atoms. The molecule has 0 aromatic heterocycles. The van der Waals surface area contributed by atoms with Gasteiger partial charge in [-0.1, -0.05) is 13.2 Å². The van der Waals surface area contributed by atoms with Crippen LogP contribution in [0.4, 0.5) is 0 Å². The van der Waals surface area contributed by atoms with Crippen molar-refractivity contribution >= 4 is 19.6 Å². The fourth-order valence-electron chi connectivity index (χ4n) is 1.23. The fourth-order valence-corrected chi connectivity index (χ4v) is 1.23. The zero-order valence-electron chi connectivity index (χ0n) is 11.6. The normalized spacial score (nSPS) is 14.4. The Labute approximate surface area is 109 Å². The molecule has 0 N–H and O–H groups in total. The molecule has 0 aromatic carbocycles. The number of ketones is 1. The fraction of sp³-hybridized carbons (Fsp3) is 0.538. The van der Waals surface area contributed by atoms with E-state index < -0.39 is 17.1 Å². The van der Waals surface area contributed by atoms with Crippen LogP contribution in [0.25, 0.3) is 0 Å². The molecule has 4 nitrogen and oxygen atoms in total. The number of hydrogen-bond acceptors (Lipinski definition) is 4. The lowest BCUT2D eigenvalue weighted by molar-refractivity contribution is -0.148. The summed E-state index contributed by atoms with van der Waals surface area (Å²) in [4.78, 5) is 22.6. The van der Waals surface area contributed by atoms with Crippen molar-refractivity contribution in [2.24, 2.45) is 0 Å². The maximum absolute atomic E-state index is 11.5. The number of rotatable bonds is 8. The van der Waals surface area contributed by atoms with E-state index in [0.717, 1.165) is 6.08 Å². The van der Waals surface area contributed by atoms with Gasteiger partial charge in [-0.25, -0.2) is 4.79 Å². The molecule has 1 atom stereocenters. The largest absolute Gasteiger partial charge is 0.466 e. The SMILES string of the molecule is BC(C)(CCOC(C)(C)C(=O)C=C)OC(=O)C=C. The van der Waals surface area contributed by atoms with E-state index in [4.69, 9.17) is 9.47 Å². The highest BCUT2D eigenvalue weighted by molar-refractivity contribution is 6.15. The van der Waals surface area contributed by atoms with Gasteiger partial charge in [-0.15, -0.1) is 0 Å². The Kier molecular flexibility index (Phi) is 6.05. The molecule has 0 spiro atoms. The van der Waals surface area contributed by atoms with Gasteiger partial charge in [0, 0.05) is 12.5 Å². The lowest BCUT2D eigenvalue weighted by Crippen LogP contribution is -2.38. The van der Waals surface area contributed by atoms with E-state index in [1.807, 2.05) is 0 Å². The lowest BCUT2D eigenvalue weighted by Gasteiger charge is -2.28. The molecule has 0 aliphatic carbocycles. The second-order valence-corrected chi connectivity index (χ2v) is 5.06. The Hall–Kier alpha value is -1.36. The van der Waals surface area contributed by atoms with Crippen LogP contribution in [0.5, 0.6) is 0 Å². The van der Waals surface area contributed by atoms with Crippen LogP contribution in [-0.2, 0) is 19.1 Å². The first-order chi connectivity index (χ1) is 8.14. The number of carbonyl (C=O) groups excluding carboxylic acids is 2. The average molecular weight is 252 g/mol. The first-order valence-corrected chi connectivity index (χ1v) is 5.81. The van der Waals surface area contributed by atoms with Crippen molar-refractivity contribution in [1.82, 2.24) is 0 Å². The predicted molar refractivity (Wildman–Crippen MR) is 73.1 cm³/mol. The van der Waals surface area contributed by atoms with Gasteiger partial charge in [0.15, 0.2) is 13.6 Å². The summed E-state index contributed by atoms with van der Waals surface area (Å²) >= 11 is 0. The Morgan fingerprint density at radius 2 is 1.78 bits per heavy atom. The molecule has 0 saturated carbocycles. The van der Waals surface area contributed by atoms with E-state index >= 15 is 0 Å². The highest BCUT2D eigenvalue weighted by Crippen LogP contribution is 2.16. The zero-order valence-corrected chi connectivity index (χ0v) is 11.6. The lowest BCUT2D eigenvalue weighted by atomic mass is 9.80. The van der Waals surface area contributed by atoms with E-state index in [2.05, 4.69) is 13.2 Å². The molecule has 0 aromatic rings. The van der Waals surface area contributed by atoms with Gasteiger partial charge in [-0.2, -0.15) is 0 Å². The maximum atomic E-state index is 11.5. The van der Waals surface area contributed by atoms with Crippen LogP contribution < -0.4 is 0 Å². The average Bonchev–Trinajstić information content (AvgIpc) is 2.26. The van der Waals surface area contributed by atoms with E-state index in [-0.39, 0.29) is 5.78 Å². The number of carbonyl (C=O) groups is 2. The van der Waals surface area contributed by atoms with Gasteiger partial charge in [0.2, 0.25) is 0 Å². The summed E-state index contributed by atoms with van der Waals surface area (Å²) in [6, 6.07) is 0. The van der Waals surface area contributed by atoms with Gasteiger partial charge in [0.1, 0.15) is 5.60 Å². The third-order valence-corrected chi connectivity index (χ3v) is 2.49. The minimum Gasteiger partial charge on any atom is -0.466 e. The predicted octanol–water partition coefficient (Wildman–Crippen LogP) is 1.01. The molecule has 0 rings (SSSR count). The van der Waals surface area contributed by atoms with E-state index in [9.17, 15) is 9.59 Å². The topological polar surface area (TPSA) is 52.6 Å². The van der Waals surface area contributed by atoms with E-state index in [1.165, 1.54) is 6.08 Å². The Bertz CT molecular complexity index is 345. The summed E-state index contributed by atoms with van der Waals surface area (Å²) < 4.78 is 10.6. The van der Waals surface area contributed by atoms with Crippen LogP contribution >= 0.6 is 0 Å². The molecular weight excluding hydrogens is 231 g/mol. The molecule has 0 aliphatic rings. The van der Waals surface area contributed by atoms with E-state index in [1.54, 1.807) is 28.6 Å². The molecule has 0 fully saturated rings. The van der Waals surface area contributed by atoms with Gasteiger partial charge in [-0.05, 0) is 26.8 Å². The van der Waals surface area contributed by atoms with Crippen molar-refractivity contribution in [2.75, 3.05) is 6.61 Å². The first kappa shape index (κ1) is 16.6. The second kappa shape index (κ2) is 6.54. The highest BCUT2D eigenvalue weighted by atomic mass is 16.6.